The summed E-state index contributed by atoms with van der Waals surface area (Å²) in [5, 5.41) is 20.6. The smallest absolute Gasteiger partial charge is 0.186 e. The van der Waals surface area contributed by atoms with E-state index in [-0.39, 0.29) is 6.61 Å². The minimum atomic E-state index is -1.07. The number of hydrogen-bond donors (Lipinski definition) is 2. The van der Waals surface area contributed by atoms with Crippen LogP contribution in [0.25, 0.3) is 10.9 Å². The van der Waals surface area contributed by atoms with Crippen molar-refractivity contribution >= 4 is 10.9 Å². The summed E-state index contributed by atoms with van der Waals surface area (Å²) in [5.74, 6) is 0.610. The van der Waals surface area contributed by atoms with Gasteiger partial charge >= 0.3 is 0 Å². The SMILES string of the molecule is COC1OC(COc2cccc3cccnc23)C(O)C1O. The van der Waals surface area contributed by atoms with E-state index < -0.39 is 24.6 Å². The quantitative estimate of drug-likeness (QED) is 0.863. The van der Waals surface area contributed by atoms with Crippen LogP contribution in [0.15, 0.2) is 36.5 Å². The molecule has 4 atom stereocenters. The number of methoxy groups -OCH3 is 1. The highest BCUT2D eigenvalue weighted by molar-refractivity contribution is 5.84. The summed E-state index contributed by atoms with van der Waals surface area (Å²) in [7, 11) is 1.42. The van der Waals surface area contributed by atoms with Crippen LogP contribution in [-0.4, -0.2) is 53.5 Å². The molecule has 1 aliphatic heterocycles. The number of para-hydroxylation sites is 1. The molecule has 1 aromatic heterocycles. The Morgan fingerprint density at radius 3 is 2.76 bits per heavy atom. The zero-order valence-corrected chi connectivity index (χ0v) is 11.5. The van der Waals surface area contributed by atoms with Crippen molar-refractivity contribution in [3.63, 3.8) is 0 Å². The van der Waals surface area contributed by atoms with Gasteiger partial charge in [-0.05, 0) is 12.1 Å². The molecule has 0 aliphatic carbocycles. The third-order valence-electron chi connectivity index (χ3n) is 3.55. The number of rotatable bonds is 4. The Balaban J connectivity index is 1.73. The lowest BCUT2D eigenvalue weighted by Gasteiger charge is -2.15. The second-order valence-corrected chi connectivity index (χ2v) is 4.90. The van der Waals surface area contributed by atoms with Crippen molar-refractivity contribution in [3.8, 4) is 5.75 Å². The van der Waals surface area contributed by atoms with Crippen LogP contribution in [0.5, 0.6) is 5.75 Å². The first-order valence-electron chi connectivity index (χ1n) is 6.71. The molecule has 6 nitrogen and oxygen atoms in total. The van der Waals surface area contributed by atoms with Crippen LogP contribution in [0, 0.1) is 0 Å². The van der Waals surface area contributed by atoms with E-state index in [2.05, 4.69) is 4.98 Å². The van der Waals surface area contributed by atoms with Crippen molar-refractivity contribution in [2.45, 2.75) is 24.6 Å². The Morgan fingerprint density at radius 2 is 2.00 bits per heavy atom. The Morgan fingerprint density at radius 1 is 1.19 bits per heavy atom. The summed E-state index contributed by atoms with van der Waals surface area (Å²) in [6.07, 6.45) is -1.91. The first-order chi connectivity index (χ1) is 10.2. The van der Waals surface area contributed by atoms with E-state index in [1.54, 1.807) is 12.3 Å². The maximum atomic E-state index is 9.90. The molecule has 0 radical (unpaired) electrons. The Hall–Kier alpha value is -1.73. The number of hydrogen-bond acceptors (Lipinski definition) is 6. The predicted molar refractivity (Wildman–Crippen MR) is 74.9 cm³/mol. The number of ether oxygens (including phenoxy) is 3. The molecule has 0 saturated carbocycles. The molecule has 1 saturated heterocycles. The number of aliphatic hydroxyl groups is 2. The molecule has 1 fully saturated rings. The third-order valence-corrected chi connectivity index (χ3v) is 3.55. The van der Waals surface area contributed by atoms with Gasteiger partial charge in [0.25, 0.3) is 0 Å². The molecule has 2 N–H and O–H groups in total. The zero-order valence-electron chi connectivity index (χ0n) is 11.5. The summed E-state index contributed by atoms with van der Waals surface area (Å²) in [5.41, 5.74) is 0.747. The van der Waals surface area contributed by atoms with Gasteiger partial charge in [-0.15, -0.1) is 0 Å². The molecule has 0 amide bonds. The molecule has 0 bridgehead atoms. The molecule has 21 heavy (non-hydrogen) atoms. The minimum Gasteiger partial charge on any atom is -0.488 e. The Bertz CT molecular complexity index is 615. The second-order valence-electron chi connectivity index (χ2n) is 4.90. The Labute approximate surface area is 121 Å². The summed E-state index contributed by atoms with van der Waals surface area (Å²) < 4.78 is 16.0. The van der Waals surface area contributed by atoms with Gasteiger partial charge in [0.05, 0.1) is 0 Å². The van der Waals surface area contributed by atoms with Crippen molar-refractivity contribution in [1.29, 1.82) is 0 Å². The topological polar surface area (TPSA) is 81.0 Å². The normalized spacial score (nSPS) is 28.9. The highest BCUT2D eigenvalue weighted by Gasteiger charge is 2.43. The van der Waals surface area contributed by atoms with E-state index in [0.29, 0.717) is 5.75 Å². The molecule has 112 valence electrons. The summed E-state index contributed by atoms with van der Waals surface area (Å²) in [6, 6.07) is 9.43. The lowest BCUT2D eigenvalue weighted by molar-refractivity contribution is -0.152. The average Bonchev–Trinajstić information content (AvgIpc) is 2.80. The molecule has 6 heteroatoms. The lowest BCUT2D eigenvalue weighted by atomic mass is 10.1. The van der Waals surface area contributed by atoms with Crippen LogP contribution < -0.4 is 4.74 Å². The standard InChI is InChI=1S/C15H17NO5/c1-19-15-14(18)13(17)11(21-15)8-20-10-6-2-4-9-5-3-7-16-12(9)10/h2-7,11,13-15,17-18H,8H2,1H3. The molecular weight excluding hydrogens is 274 g/mol. The first-order valence-corrected chi connectivity index (χ1v) is 6.71. The number of benzene rings is 1. The number of fused-ring (bicyclic) bond motifs is 1. The van der Waals surface area contributed by atoms with Crippen LogP contribution in [0.3, 0.4) is 0 Å². The monoisotopic (exact) mass is 291 g/mol. The van der Waals surface area contributed by atoms with Crippen molar-refractivity contribution in [3.05, 3.63) is 36.5 Å². The number of aromatic nitrogens is 1. The average molecular weight is 291 g/mol. The first kappa shape index (κ1) is 14.2. The molecule has 1 aromatic carbocycles. The molecule has 0 spiro atoms. The van der Waals surface area contributed by atoms with E-state index >= 15 is 0 Å². The van der Waals surface area contributed by atoms with Gasteiger partial charge in [-0.3, -0.25) is 4.98 Å². The van der Waals surface area contributed by atoms with Gasteiger partial charge in [0.2, 0.25) is 0 Å². The predicted octanol–water partition coefficient (Wildman–Crippen LogP) is 0.707. The molecule has 2 heterocycles. The van der Waals surface area contributed by atoms with Gasteiger partial charge < -0.3 is 24.4 Å². The van der Waals surface area contributed by atoms with E-state index in [1.807, 2.05) is 24.3 Å². The highest BCUT2D eigenvalue weighted by atomic mass is 16.7. The maximum absolute atomic E-state index is 9.90. The molecule has 3 rings (SSSR count). The van der Waals surface area contributed by atoms with Crippen molar-refractivity contribution in [2.75, 3.05) is 13.7 Å². The maximum Gasteiger partial charge on any atom is 0.186 e. The number of aliphatic hydroxyl groups excluding tert-OH is 2. The van der Waals surface area contributed by atoms with Gasteiger partial charge in [-0.25, -0.2) is 0 Å². The van der Waals surface area contributed by atoms with Crippen LogP contribution >= 0.6 is 0 Å². The zero-order chi connectivity index (χ0) is 14.8. The van der Waals surface area contributed by atoms with Crippen molar-refractivity contribution < 1.29 is 24.4 Å². The summed E-state index contributed by atoms with van der Waals surface area (Å²) >= 11 is 0. The van der Waals surface area contributed by atoms with Gasteiger partial charge in [0, 0.05) is 18.7 Å². The minimum absolute atomic E-state index is 0.105. The van der Waals surface area contributed by atoms with Gasteiger partial charge in [-0.1, -0.05) is 18.2 Å². The van der Waals surface area contributed by atoms with Crippen molar-refractivity contribution in [1.82, 2.24) is 4.98 Å². The van der Waals surface area contributed by atoms with Crippen LogP contribution in [-0.2, 0) is 9.47 Å². The Kier molecular flexibility index (Phi) is 4.03. The molecule has 2 aromatic rings. The third kappa shape index (κ3) is 2.71. The molecule has 4 unspecified atom stereocenters. The van der Waals surface area contributed by atoms with Crippen LogP contribution in [0.2, 0.25) is 0 Å². The van der Waals surface area contributed by atoms with Gasteiger partial charge in [0.15, 0.2) is 6.29 Å². The highest BCUT2D eigenvalue weighted by Crippen LogP contribution is 2.26. The van der Waals surface area contributed by atoms with E-state index in [1.165, 1.54) is 7.11 Å². The lowest BCUT2D eigenvalue weighted by Crippen LogP contribution is -2.35. The van der Waals surface area contributed by atoms with E-state index in [0.717, 1.165) is 10.9 Å². The van der Waals surface area contributed by atoms with Crippen LogP contribution in [0.4, 0.5) is 0 Å². The fraction of sp³-hybridized carbons (Fsp3) is 0.400. The van der Waals surface area contributed by atoms with E-state index in [9.17, 15) is 10.2 Å². The number of nitrogens with zero attached hydrogens (tertiary/aromatic N) is 1. The molecular formula is C15H17NO5. The summed E-state index contributed by atoms with van der Waals surface area (Å²) in [4.78, 5) is 4.29. The number of pyridine rings is 1. The second kappa shape index (κ2) is 5.95. The van der Waals surface area contributed by atoms with Gasteiger partial charge in [0.1, 0.15) is 36.2 Å². The van der Waals surface area contributed by atoms with Crippen LogP contribution in [0.1, 0.15) is 0 Å². The largest absolute Gasteiger partial charge is 0.488 e. The fourth-order valence-electron chi connectivity index (χ4n) is 2.41. The van der Waals surface area contributed by atoms with E-state index in [4.69, 9.17) is 14.2 Å². The van der Waals surface area contributed by atoms with Crippen molar-refractivity contribution in [2.24, 2.45) is 0 Å². The fourth-order valence-corrected chi connectivity index (χ4v) is 2.41. The molecule has 1 aliphatic rings. The summed E-state index contributed by atoms with van der Waals surface area (Å²) in [6.45, 7) is 0.105. The van der Waals surface area contributed by atoms with Gasteiger partial charge in [-0.2, -0.15) is 0 Å².